The van der Waals surface area contributed by atoms with E-state index in [-0.39, 0.29) is 0 Å². The van der Waals surface area contributed by atoms with E-state index in [9.17, 15) is 0 Å². The van der Waals surface area contributed by atoms with E-state index < -0.39 is 5.72 Å². The molecule has 112 valence electrons. The van der Waals surface area contributed by atoms with Crippen LogP contribution in [0.25, 0.3) is 10.9 Å². The topological polar surface area (TPSA) is 25.4 Å². The average Bonchev–Trinajstić information content (AvgIpc) is 3.14. The monoisotopic (exact) mass is 318 g/mol. The van der Waals surface area contributed by atoms with Crippen LogP contribution < -0.4 is 0 Å². The van der Waals surface area contributed by atoms with Gasteiger partial charge in [0.25, 0.3) is 0 Å². The molecule has 2 aliphatic rings. The second kappa shape index (κ2) is 4.60. The molecule has 3 heterocycles. The Morgan fingerprint density at radius 3 is 2.83 bits per heavy atom. The number of pyridine rings is 1. The van der Waals surface area contributed by atoms with Crippen LogP contribution >= 0.6 is 12.2 Å². The summed E-state index contributed by atoms with van der Waals surface area (Å²) in [5.74, 6) is 0. The van der Waals surface area contributed by atoms with E-state index >= 15 is 0 Å². The normalized spacial score (nSPS) is 22.4. The zero-order valence-corrected chi connectivity index (χ0v) is 13.2. The van der Waals surface area contributed by atoms with E-state index in [1.54, 1.807) is 0 Å². The molecular formula is C19H14N2OS. The molecule has 4 heteroatoms. The number of hydrogen-bond acceptors (Lipinski definition) is 3. The second-order valence-corrected chi connectivity index (χ2v) is 6.26. The number of ether oxygens (including phenoxy) is 1. The van der Waals surface area contributed by atoms with Crippen LogP contribution in [0.5, 0.6) is 0 Å². The number of aromatic nitrogens is 1. The molecule has 1 saturated heterocycles. The first-order chi connectivity index (χ1) is 11.3. The molecule has 3 aromatic rings. The van der Waals surface area contributed by atoms with Crippen LogP contribution in [-0.4, -0.2) is 28.0 Å². The van der Waals surface area contributed by atoms with Crippen LogP contribution in [0, 0.1) is 0 Å². The zero-order valence-electron chi connectivity index (χ0n) is 12.4. The minimum atomic E-state index is -0.615. The second-order valence-electron chi connectivity index (χ2n) is 5.87. The smallest absolute Gasteiger partial charge is 0.196 e. The lowest BCUT2D eigenvalue weighted by Crippen LogP contribution is -2.40. The van der Waals surface area contributed by atoms with E-state index in [4.69, 9.17) is 17.0 Å². The van der Waals surface area contributed by atoms with Gasteiger partial charge in [-0.1, -0.05) is 54.7 Å². The molecular weight excluding hydrogens is 304 g/mol. The lowest BCUT2D eigenvalue weighted by atomic mass is 9.91. The standard InChI is InChI=1S/C19H14N2OS/c23-18-14-5-1-2-7-16(14)19(21(18)11-12-22-19)15-8-3-9-17-13(15)6-4-10-20-17/h1-10H,11-12H2. The van der Waals surface area contributed by atoms with Gasteiger partial charge < -0.3 is 9.64 Å². The first-order valence-corrected chi connectivity index (χ1v) is 8.13. The molecule has 1 aromatic heterocycles. The molecule has 5 rings (SSSR count). The summed E-state index contributed by atoms with van der Waals surface area (Å²) in [6.45, 7) is 1.48. The van der Waals surface area contributed by atoms with E-state index in [1.165, 1.54) is 0 Å². The fourth-order valence-electron chi connectivity index (χ4n) is 3.87. The third-order valence-corrected chi connectivity index (χ3v) is 5.22. The number of hydrogen-bond donors (Lipinski definition) is 0. The lowest BCUT2D eigenvalue weighted by molar-refractivity contribution is -0.0142. The molecule has 23 heavy (non-hydrogen) atoms. The van der Waals surface area contributed by atoms with Crippen molar-refractivity contribution >= 4 is 28.1 Å². The largest absolute Gasteiger partial charge is 0.345 e. The molecule has 1 unspecified atom stereocenters. The quantitative estimate of drug-likeness (QED) is 0.642. The highest BCUT2D eigenvalue weighted by atomic mass is 32.1. The third-order valence-electron chi connectivity index (χ3n) is 4.78. The Labute approximate surface area is 139 Å². The minimum Gasteiger partial charge on any atom is -0.345 e. The summed E-state index contributed by atoms with van der Waals surface area (Å²) in [7, 11) is 0. The Hall–Kier alpha value is -2.30. The van der Waals surface area contributed by atoms with Gasteiger partial charge in [-0.15, -0.1) is 0 Å². The predicted octanol–water partition coefficient (Wildman–Crippen LogP) is 3.46. The third kappa shape index (κ3) is 1.57. The maximum absolute atomic E-state index is 6.37. The van der Waals surface area contributed by atoms with Gasteiger partial charge in [-0.2, -0.15) is 0 Å². The molecule has 2 aliphatic heterocycles. The molecule has 0 radical (unpaired) electrons. The van der Waals surface area contributed by atoms with Crippen LogP contribution in [0.2, 0.25) is 0 Å². The van der Waals surface area contributed by atoms with Gasteiger partial charge in [0, 0.05) is 34.8 Å². The molecule has 0 N–H and O–H groups in total. The summed E-state index contributed by atoms with van der Waals surface area (Å²) in [6.07, 6.45) is 1.82. The van der Waals surface area contributed by atoms with E-state index in [1.807, 2.05) is 30.5 Å². The number of benzene rings is 2. The average molecular weight is 318 g/mol. The summed E-state index contributed by atoms with van der Waals surface area (Å²) >= 11 is 5.74. The Morgan fingerprint density at radius 1 is 1.00 bits per heavy atom. The predicted molar refractivity (Wildman–Crippen MR) is 93.3 cm³/mol. The van der Waals surface area contributed by atoms with Crippen molar-refractivity contribution < 1.29 is 4.74 Å². The molecule has 0 bridgehead atoms. The van der Waals surface area contributed by atoms with E-state index in [2.05, 4.69) is 40.2 Å². The van der Waals surface area contributed by atoms with E-state index in [0.717, 1.165) is 39.1 Å². The Balaban J connectivity index is 1.89. The van der Waals surface area contributed by atoms with Crippen LogP contribution in [0.1, 0.15) is 16.7 Å². The molecule has 0 amide bonds. The lowest BCUT2D eigenvalue weighted by Gasteiger charge is -2.33. The van der Waals surface area contributed by atoms with E-state index in [0.29, 0.717) is 6.61 Å². The van der Waals surface area contributed by atoms with Crippen molar-refractivity contribution in [1.82, 2.24) is 9.88 Å². The van der Waals surface area contributed by atoms with Gasteiger partial charge in [0.2, 0.25) is 0 Å². The van der Waals surface area contributed by atoms with Gasteiger partial charge in [-0.25, -0.2) is 0 Å². The Morgan fingerprint density at radius 2 is 1.87 bits per heavy atom. The molecule has 0 spiro atoms. The summed E-state index contributed by atoms with van der Waals surface area (Å²) in [6, 6.07) is 18.6. The van der Waals surface area contributed by atoms with Crippen molar-refractivity contribution in [2.24, 2.45) is 0 Å². The molecule has 1 fully saturated rings. The van der Waals surface area contributed by atoms with Gasteiger partial charge in [0.15, 0.2) is 5.72 Å². The fourth-order valence-corrected chi connectivity index (χ4v) is 4.26. The maximum atomic E-state index is 6.37. The van der Waals surface area contributed by atoms with Gasteiger partial charge in [0.1, 0.15) is 4.99 Å². The van der Waals surface area contributed by atoms with Crippen molar-refractivity contribution in [1.29, 1.82) is 0 Å². The minimum absolute atomic E-state index is 0.615. The summed E-state index contributed by atoms with van der Waals surface area (Å²) < 4.78 is 6.37. The fraction of sp³-hybridized carbons (Fsp3) is 0.158. The first kappa shape index (κ1) is 13.2. The number of thiocarbonyl (C=S) groups is 1. The van der Waals surface area contributed by atoms with Crippen molar-refractivity contribution in [3.8, 4) is 0 Å². The van der Waals surface area contributed by atoms with Crippen molar-refractivity contribution in [3.63, 3.8) is 0 Å². The molecule has 3 nitrogen and oxygen atoms in total. The molecule has 1 atom stereocenters. The molecule has 2 aromatic carbocycles. The Bertz CT molecular complexity index is 950. The highest BCUT2D eigenvalue weighted by Crippen LogP contribution is 2.49. The highest BCUT2D eigenvalue weighted by Gasteiger charge is 2.53. The van der Waals surface area contributed by atoms with Gasteiger partial charge in [0.05, 0.1) is 12.1 Å². The molecule has 0 saturated carbocycles. The number of fused-ring (bicyclic) bond motifs is 4. The zero-order chi connectivity index (χ0) is 15.4. The van der Waals surface area contributed by atoms with Gasteiger partial charge >= 0.3 is 0 Å². The van der Waals surface area contributed by atoms with Crippen molar-refractivity contribution in [3.05, 3.63) is 77.5 Å². The summed E-state index contributed by atoms with van der Waals surface area (Å²) in [5, 5.41) is 1.11. The van der Waals surface area contributed by atoms with Crippen LogP contribution in [0.3, 0.4) is 0 Å². The highest BCUT2D eigenvalue weighted by molar-refractivity contribution is 7.80. The number of nitrogens with zero attached hydrogens (tertiary/aromatic N) is 2. The Kier molecular flexibility index (Phi) is 2.63. The van der Waals surface area contributed by atoms with Crippen LogP contribution in [0.4, 0.5) is 0 Å². The SMILES string of the molecule is S=C1c2ccccc2C2(c3cccc4ncccc34)OCCN12. The maximum Gasteiger partial charge on any atom is 0.196 e. The summed E-state index contributed by atoms with van der Waals surface area (Å²) in [5.41, 5.74) is 3.72. The molecule has 0 aliphatic carbocycles. The van der Waals surface area contributed by atoms with Crippen LogP contribution in [0.15, 0.2) is 60.8 Å². The van der Waals surface area contributed by atoms with Crippen LogP contribution in [-0.2, 0) is 10.5 Å². The van der Waals surface area contributed by atoms with Crippen molar-refractivity contribution in [2.45, 2.75) is 5.72 Å². The van der Waals surface area contributed by atoms with Gasteiger partial charge in [-0.05, 0) is 12.1 Å². The first-order valence-electron chi connectivity index (χ1n) is 7.72. The van der Waals surface area contributed by atoms with Crippen molar-refractivity contribution in [2.75, 3.05) is 13.2 Å². The summed E-state index contributed by atoms with van der Waals surface area (Å²) in [4.78, 5) is 7.58. The van der Waals surface area contributed by atoms with Gasteiger partial charge in [-0.3, -0.25) is 4.98 Å². The number of rotatable bonds is 1.